The van der Waals surface area contributed by atoms with Crippen molar-refractivity contribution in [2.75, 3.05) is 12.4 Å². The first-order valence-electron chi connectivity index (χ1n) is 9.78. The first-order valence-corrected chi connectivity index (χ1v) is 10.9. The van der Waals surface area contributed by atoms with Gasteiger partial charge in [-0.3, -0.25) is 4.79 Å². The van der Waals surface area contributed by atoms with Crippen molar-refractivity contribution < 1.29 is 13.7 Å². The van der Waals surface area contributed by atoms with E-state index in [-0.39, 0.29) is 11.3 Å². The lowest BCUT2D eigenvalue weighted by atomic mass is 9.86. The lowest BCUT2D eigenvalue weighted by molar-refractivity contribution is -0.123. The van der Waals surface area contributed by atoms with Gasteiger partial charge in [-0.15, -0.1) is 0 Å². The Labute approximate surface area is 177 Å². The van der Waals surface area contributed by atoms with Crippen molar-refractivity contribution in [3.63, 3.8) is 0 Å². The highest BCUT2D eigenvalue weighted by Gasteiger charge is 2.24. The number of carbonyl (C=O) groups is 1. The molecule has 158 valence electrons. The molecular formula is C24H33NO3S. The van der Waals surface area contributed by atoms with Crippen LogP contribution in [-0.2, 0) is 21.0 Å². The van der Waals surface area contributed by atoms with Crippen molar-refractivity contribution in [2.45, 2.75) is 70.6 Å². The maximum absolute atomic E-state index is 13.4. The summed E-state index contributed by atoms with van der Waals surface area (Å²) < 4.78 is 18.9. The highest BCUT2D eigenvalue weighted by molar-refractivity contribution is 7.85. The molecule has 2 aromatic carbocycles. The van der Waals surface area contributed by atoms with Crippen LogP contribution in [0.3, 0.4) is 0 Å². The molecule has 0 fully saturated rings. The van der Waals surface area contributed by atoms with E-state index in [9.17, 15) is 9.00 Å². The highest BCUT2D eigenvalue weighted by Crippen LogP contribution is 2.35. The van der Waals surface area contributed by atoms with Gasteiger partial charge in [0.05, 0.1) is 17.9 Å². The Hall–Kier alpha value is -2.14. The van der Waals surface area contributed by atoms with Crippen LogP contribution in [0.15, 0.2) is 40.1 Å². The van der Waals surface area contributed by atoms with Gasteiger partial charge in [0.25, 0.3) is 0 Å². The second-order valence-corrected chi connectivity index (χ2v) is 10.9. The molecule has 1 atom stereocenters. The SMILES string of the molecule is COc1ccc(S(=O)c2c(C)cc(NC(=O)C(C)(C)C)cc2C)cc1C(C)(C)C. The number of rotatable bonds is 4. The van der Waals surface area contributed by atoms with Crippen LogP contribution < -0.4 is 10.1 Å². The third kappa shape index (κ3) is 5.27. The summed E-state index contributed by atoms with van der Waals surface area (Å²) in [6, 6.07) is 9.49. The van der Waals surface area contributed by atoms with Crippen molar-refractivity contribution >= 4 is 22.4 Å². The Kier molecular flexibility index (Phi) is 6.63. The predicted molar refractivity (Wildman–Crippen MR) is 120 cm³/mol. The quantitative estimate of drug-likeness (QED) is 0.690. The maximum atomic E-state index is 13.4. The van der Waals surface area contributed by atoms with Crippen LogP contribution in [-0.4, -0.2) is 17.2 Å². The summed E-state index contributed by atoms with van der Waals surface area (Å²) in [6.07, 6.45) is 0. The molecule has 1 amide bonds. The Morgan fingerprint density at radius 2 is 1.52 bits per heavy atom. The molecule has 0 radical (unpaired) electrons. The number of hydrogen-bond acceptors (Lipinski definition) is 3. The molecule has 0 bridgehead atoms. The Bertz CT molecular complexity index is 927. The second kappa shape index (κ2) is 8.31. The Morgan fingerprint density at radius 1 is 0.966 bits per heavy atom. The van der Waals surface area contributed by atoms with Gasteiger partial charge in [-0.2, -0.15) is 0 Å². The van der Waals surface area contributed by atoms with Gasteiger partial charge in [0.15, 0.2) is 0 Å². The Balaban J connectivity index is 2.45. The third-order valence-electron chi connectivity index (χ3n) is 4.78. The predicted octanol–water partition coefficient (Wildman–Crippen LogP) is 5.76. The minimum Gasteiger partial charge on any atom is -0.496 e. The zero-order valence-corrected chi connectivity index (χ0v) is 19.8. The fourth-order valence-corrected chi connectivity index (χ4v) is 4.49. The molecule has 5 heteroatoms. The number of hydrogen-bond donors (Lipinski definition) is 1. The minimum absolute atomic E-state index is 0.0462. The lowest BCUT2D eigenvalue weighted by Crippen LogP contribution is -2.27. The highest BCUT2D eigenvalue weighted by atomic mass is 32.2. The first-order chi connectivity index (χ1) is 13.3. The second-order valence-electron chi connectivity index (χ2n) is 9.52. The van der Waals surface area contributed by atoms with E-state index in [0.29, 0.717) is 0 Å². The lowest BCUT2D eigenvalue weighted by Gasteiger charge is -2.23. The van der Waals surface area contributed by atoms with Gasteiger partial charge < -0.3 is 10.1 Å². The largest absolute Gasteiger partial charge is 0.496 e. The summed E-state index contributed by atoms with van der Waals surface area (Å²) in [5.41, 5.74) is 2.93. The molecule has 1 N–H and O–H groups in total. The van der Waals surface area contributed by atoms with E-state index in [2.05, 4.69) is 26.1 Å². The summed E-state index contributed by atoms with van der Waals surface area (Å²) in [5, 5.41) is 2.96. The van der Waals surface area contributed by atoms with Gasteiger partial charge in [-0.25, -0.2) is 4.21 Å². The number of nitrogens with one attached hydrogen (secondary N) is 1. The zero-order chi connectivity index (χ0) is 22.1. The number of anilines is 1. The number of aryl methyl sites for hydroxylation is 2. The molecule has 0 aromatic heterocycles. The molecule has 0 heterocycles. The van der Waals surface area contributed by atoms with E-state index in [4.69, 9.17) is 4.74 Å². The molecule has 29 heavy (non-hydrogen) atoms. The number of methoxy groups -OCH3 is 1. The monoisotopic (exact) mass is 415 g/mol. The van der Waals surface area contributed by atoms with Gasteiger partial charge in [-0.05, 0) is 60.7 Å². The smallest absolute Gasteiger partial charge is 0.229 e. The van der Waals surface area contributed by atoms with Crippen LogP contribution in [0.25, 0.3) is 0 Å². The average Bonchev–Trinajstić information content (AvgIpc) is 2.58. The van der Waals surface area contributed by atoms with Gasteiger partial charge in [0.2, 0.25) is 5.91 Å². The molecule has 1 unspecified atom stereocenters. The van der Waals surface area contributed by atoms with Crippen LogP contribution in [0.5, 0.6) is 5.75 Å². The number of benzene rings is 2. The van der Waals surface area contributed by atoms with Crippen molar-refractivity contribution in [3.8, 4) is 5.75 Å². The van der Waals surface area contributed by atoms with Crippen molar-refractivity contribution in [2.24, 2.45) is 5.41 Å². The van der Waals surface area contributed by atoms with Crippen LogP contribution in [0, 0.1) is 19.3 Å². The normalized spacial score (nSPS) is 13.1. The van der Waals surface area contributed by atoms with Gasteiger partial charge in [0.1, 0.15) is 5.75 Å². The van der Waals surface area contributed by atoms with E-state index in [1.165, 1.54) is 0 Å². The molecule has 4 nitrogen and oxygen atoms in total. The number of amides is 1. The molecule has 0 saturated heterocycles. The van der Waals surface area contributed by atoms with Gasteiger partial charge in [0, 0.05) is 26.5 Å². The van der Waals surface area contributed by atoms with Crippen LogP contribution >= 0.6 is 0 Å². The molecule has 0 aliphatic heterocycles. The van der Waals surface area contributed by atoms with Crippen molar-refractivity contribution in [3.05, 3.63) is 47.0 Å². The summed E-state index contributed by atoms with van der Waals surface area (Å²) in [6.45, 7) is 15.8. The molecule has 0 saturated carbocycles. The molecule has 2 rings (SSSR count). The molecule has 0 aliphatic carbocycles. The van der Waals surface area contributed by atoms with E-state index < -0.39 is 16.2 Å². The summed E-state index contributed by atoms with van der Waals surface area (Å²) in [4.78, 5) is 13.8. The fourth-order valence-electron chi connectivity index (χ4n) is 3.14. The average molecular weight is 416 g/mol. The maximum Gasteiger partial charge on any atom is 0.229 e. The molecule has 0 spiro atoms. The van der Waals surface area contributed by atoms with Crippen molar-refractivity contribution in [1.29, 1.82) is 0 Å². The van der Waals surface area contributed by atoms with Gasteiger partial charge >= 0.3 is 0 Å². The van der Waals surface area contributed by atoms with Crippen molar-refractivity contribution in [1.82, 2.24) is 0 Å². The minimum atomic E-state index is -1.33. The van der Waals surface area contributed by atoms with E-state index >= 15 is 0 Å². The topological polar surface area (TPSA) is 55.4 Å². The van der Waals surface area contributed by atoms with Crippen LogP contribution in [0.2, 0.25) is 0 Å². The molecule has 2 aromatic rings. The first kappa shape index (κ1) is 23.1. The van der Waals surface area contributed by atoms with Gasteiger partial charge in [-0.1, -0.05) is 41.5 Å². The Morgan fingerprint density at radius 3 is 1.97 bits per heavy atom. The van der Waals surface area contributed by atoms with E-state index in [1.807, 2.05) is 65.0 Å². The fraction of sp³-hybridized carbons (Fsp3) is 0.458. The standard InChI is InChI=1S/C24H33NO3S/c1-15-12-17(25-22(26)24(6,7)8)13-16(2)21(15)29(27)18-10-11-20(28-9)19(14-18)23(3,4)5/h10-14H,1-9H3,(H,25,26). The molecular weight excluding hydrogens is 382 g/mol. The van der Waals surface area contributed by atoms with E-state index in [1.54, 1.807) is 7.11 Å². The third-order valence-corrected chi connectivity index (χ3v) is 6.47. The van der Waals surface area contributed by atoms with E-state index in [0.717, 1.165) is 37.9 Å². The summed E-state index contributed by atoms with van der Waals surface area (Å²) in [5.74, 6) is 0.752. The van der Waals surface area contributed by atoms with Crippen LogP contribution in [0.1, 0.15) is 58.2 Å². The summed E-state index contributed by atoms with van der Waals surface area (Å²) >= 11 is 0. The number of carbonyl (C=O) groups excluding carboxylic acids is 1. The number of ether oxygens (including phenoxy) is 1. The van der Waals surface area contributed by atoms with Crippen LogP contribution in [0.4, 0.5) is 5.69 Å². The summed E-state index contributed by atoms with van der Waals surface area (Å²) in [7, 11) is 0.321. The zero-order valence-electron chi connectivity index (χ0n) is 19.0. The molecule has 0 aliphatic rings.